The molecule has 0 bridgehead atoms. The predicted octanol–water partition coefficient (Wildman–Crippen LogP) is 11.8. The zero-order chi connectivity index (χ0) is 47.1. The van der Waals surface area contributed by atoms with Crippen molar-refractivity contribution in [3.05, 3.63) is 143 Å². The molecule has 0 fully saturated rings. The van der Waals surface area contributed by atoms with Crippen LogP contribution in [-0.2, 0) is 0 Å². The van der Waals surface area contributed by atoms with E-state index >= 15 is 0 Å². The van der Waals surface area contributed by atoms with Gasteiger partial charge in [-0.3, -0.25) is 4.79 Å². The van der Waals surface area contributed by atoms with Crippen LogP contribution in [0.4, 0.5) is 11.4 Å². The maximum absolute atomic E-state index is 12.3. The topological polar surface area (TPSA) is 93.2 Å². The normalized spacial score (nSPS) is 11.2. The summed E-state index contributed by atoms with van der Waals surface area (Å²) in [5.74, 6) is 0.599. The molecule has 10 heteroatoms. The van der Waals surface area contributed by atoms with E-state index in [2.05, 4.69) is 147 Å². The highest BCUT2D eigenvalue weighted by Crippen LogP contribution is 2.44. The molecule has 0 atom stereocenters. The van der Waals surface area contributed by atoms with Crippen LogP contribution in [0.15, 0.2) is 130 Å². The molecular formula is C56H61ClN4O5+2. The predicted molar refractivity (Wildman–Crippen MR) is 274 cm³/mol. The molecule has 0 unspecified atom stereocenters. The summed E-state index contributed by atoms with van der Waals surface area (Å²) in [6.07, 6.45) is 0. The van der Waals surface area contributed by atoms with E-state index in [4.69, 9.17) is 20.4 Å². The number of benzene rings is 6. The molecule has 0 saturated carbocycles. The number of hydrogen-bond donors (Lipinski definition) is 1. The molecule has 1 N–H and O–H groups in total. The van der Waals surface area contributed by atoms with Crippen LogP contribution in [0.1, 0.15) is 76.1 Å². The van der Waals surface area contributed by atoms with Crippen LogP contribution in [0.3, 0.4) is 0 Å². The Morgan fingerprint density at radius 3 is 1.27 bits per heavy atom. The van der Waals surface area contributed by atoms with E-state index in [1.54, 1.807) is 18.2 Å². The summed E-state index contributed by atoms with van der Waals surface area (Å²) < 4.78 is 17.5. The fraction of sp³-hybridized carbons (Fsp3) is 0.286. The van der Waals surface area contributed by atoms with E-state index < -0.39 is 11.2 Å². The molecule has 2 aliphatic heterocycles. The number of carbonyl (C=O) groups excluding carboxylic acids is 1. The molecule has 0 radical (unpaired) electrons. The minimum atomic E-state index is -0.938. The third-order valence-electron chi connectivity index (χ3n) is 12.7. The quantitative estimate of drug-likeness (QED) is 0.0660. The van der Waals surface area contributed by atoms with Crippen LogP contribution in [-0.4, -0.2) is 68.7 Å². The lowest BCUT2D eigenvalue weighted by molar-refractivity contribution is 0.0697. The Bertz CT molecular complexity index is 2900. The first-order valence-electron chi connectivity index (χ1n) is 23.3. The van der Waals surface area contributed by atoms with Gasteiger partial charge in [0, 0.05) is 100 Å². The number of hydrogen-bond acceptors (Lipinski definition) is 6. The van der Waals surface area contributed by atoms with E-state index in [1.807, 2.05) is 30.3 Å². The second kappa shape index (κ2) is 21.1. The van der Waals surface area contributed by atoms with Crippen molar-refractivity contribution in [2.24, 2.45) is 0 Å². The summed E-state index contributed by atoms with van der Waals surface area (Å²) >= 11 is 5.99. The average Bonchev–Trinajstić information content (AvgIpc) is 3.34. The highest BCUT2D eigenvalue weighted by atomic mass is 35.5. The van der Waals surface area contributed by atoms with Gasteiger partial charge in [-0.25, -0.2) is 13.9 Å². The summed E-state index contributed by atoms with van der Waals surface area (Å²) in [7, 11) is 0. The second-order valence-corrected chi connectivity index (χ2v) is 16.4. The van der Waals surface area contributed by atoms with Crippen LogP contribution in [0.5, 0.6) is 0 Å². The molecule has 4 aliphatic rings. The molecular weight excluding hydrogens is 844 g/mol. The molecule has 0 amide bonds. The number of fused-ring (bicyclic) bond motifs is 4. The van der Waals surface area contributed by atoms with Crippen molar-refractivity contribution in [3.8, 4) is 44.9 Å². The van der Waals surface area contributed by atoms with Crippen molar-refractivity contribution < 1.29 is 23.5 Å². The Kier molecular flexibility index (Phi) is 15.1. The van der Waals surface area contributed by atoms with Crippen LogP contribution >= 0.6 is 11.6 Å². The summed E-state index contributed by atoms with van der Waals surface area (Å²) in [5.41, 5.74) is 9.75. The first-order chi connectivity index (χ1) is 32.0. The Morgan fingerprint density at radius 1 is 0.500 bits per heavy atom. The highest BCUT2D eigenvalue weighted by molar-refractivity contribution is 6.68. The minimum absolute atomic E-state index is 0.284. The van der Waals surface area contributed by atoms with Crippen LogP contribution in [0.2, 0.25) is 0 Å². The van der Waals surface area contributed by atoms with E-state index in [-0.39, 0.29) is 5.56 Å². The standard InChI is InChI=1S/C28H30ClN2O2.C28H30N2O3/c1-5-30(6-2)19-13-15-23-25(17-19)33-26-18-20(31(7-3)8-4)14-16-24(26)27(23)21-11-9-10-12-22(21)28(29)32;1-5-29(6-2)19-13-15-23-25(17-19)33-26-18-20(30(7-3)8-4)14-16-24(26)27(23)21-11-9-10-12-22(21)28(31)32/h2*9-18H,5-8H2,1-4H3/q+1;/p+1. The maximum atomic E-state index is 12.3. The minimum Gasteiger partial charge on any atom is -0.478 e. The molecule has 8 rings (SSSR count). The molecule has 4 aromatic carbocycles. The zero-order valence-corrected chi connectivity index (χ0v) is 40.2. The monoisotopic (exact) mass is 904 g/mol. The van der Waals surface area contributed by atoms with E-state index in [0.717, 1.165) is 136 Å². The van der Waals surface area contributed by atoms with E-state index in [9.17, 15) is 14.7 Å². The molecule has 340 valence electrons. The summed E-state index contributed by atoms with van der Waals surface area (Å²) in [6.45, 7) is 24.4. The largest absolute Gasteiger partial charge is 0.478 e. The van der Waals surface area contributed by atoms with Gasteiger partial charge in [0.05, 0.1) is 17.7 Å². The third-order valence-corrected chi connectivity index (χ3v) is 12.9. The lowest BCUT2D eigenvalue weighted by Crippen LogP contribution is -2.29. The molecule has 66 heavy (non-hydrogen) atoms. The van der Waals surface area contributed by atoms with Gasteiger partial charge in [0.1, 0.15) is 48.9 Å². The first kappa shape index (κ1) is 47.3. The summed E-state index contributed by atoms with van der Waals surface area (Å²) in [6, 6.07) is 39.8. The molecule has 9 nitrogen and oxygen atoms in total. The number of nitrogens with zero attached hydrogens (tertiary/aromatic N) is 4. The second-order valence-electron chi connectivity index (χ2n) is 16.0. The average molecular weight is 906 g/mol. The van der Waals surface area contributed by atoms with Gasteiger partial charge in [-0.2, -0.15) is 0 Å². The number of rotatable bonds is 14. The van der Waals surface area contributed by atoms with Crippen LogP contribution in [0, 0.1) is 0 Å². The molecule has 0 aromatic heterocycles. The van der Waals surface area contributed by atoms with Crippen molar-refractivity contribution in [3.63, 3.8) is 0 Å². The first-order valence-corrected chi connectivity index (χ1v) is 23.7. The number of halogens is 1. The van der Waals surface area contributed by atoms with Crippen molar-refractivity contribution in [1.82, 2.24) is 9.15 Å². The Balaban J connectivity index is 0.000000196. The van der Waals surface area contributed by atoms with Gasteiger partial charge in [0.2, 0.25) is 10.7 Å². The summed E-state index contributed by atoms with van der Waals surface area (Å²) in [5, 5.41) is 13.5. The maximum Gasteiger partial charge on any atom is 0.336 e. The molecule has 2 aliphatic carbocycles. The number of aromatic carboxylic acids is 1. The fourth-order valence-electron chi connectivity index (χ4n) is 9.22. The van der Waals surface area contributed by atoms with E-state index in [0.29, 0.717) is 11.1 Å². The lowest BCUT2D eigenvalue weighted by atomic mass is 9.90. The van der Waals surface area contributed by atoms with Gasteiger partial charge in [-0.1, -0.05) is 36.4 Å². The van der Waals surface area contributed by atoms with Crippen molar-refractivity contribution in [1.29, 1.82) is 0 Å². The molecule has 4 aromatic rings. The van der Waals surface area contributed by atoms with Gasteiger partial charge in [0.25, 0.3) is 5.24 Å². The van der Waals surface area contributed by atoms with Gasteiger partial charge in [-0.15, -0.1) is 0 Å². The van der Waals surface area contributed by atoms with E-state index in [1.165, 1.54) is 0 Å². The SMILES string of the molecule is CCN(CC)c1ccc2c(-c3ccccc3C(=O)Cl)c3ccc(=[N+](CC)CC)cc-3oc2c1.CCN(CC)c1ccc2c(-c3ccccc3C(=O)O)c3ccc(=[N+](CC)CC)cc-3oc2c1. The Labute approximate surface area is 392 Å². The van der Waals surface area contributed by atoms with Gasteiger partial charge >= 0.3 is 5.97 Å². The lowest BCUT2D eigenvalue weighted by Gasteiger charge is -2.22. The van der Waals surface area contributed by atoms with Crippen molar-refractivity contribution in [2.75, 3.05) is 62.2 Å². The smallest absolute Gasteiger partial charge is 0.336 e. The van der Waals surface area contributed by atoms with Crippen LogP contribution < -0.4 is 29.7 Å². The zero-order valence-electron chi connectivity index (χ0n) is 39.5. The number of carbonyl (C=O) groups is 2. The number of carboxylic acid groups (broad SMARTS) is 1. The summed E-state index contributed by atoms with van der Waals surface area (Å²) in [4.78, 5) is 28.9. The van der Waals surface area contributed by atoms with Crippen LogP contribution in [0.25, 0.3) is 66.8 Å². The number of anilines is 2. The number of carboxylic acids is 1. The Morgan fingerprint density at radius 2 is 0.894 bits per heavy atom. The van der Waals surface area contributed by atoms with Gasteiger partial charge in [-0.05, 0) is 127 Å². The third kappa shape index (κ3) is 9.36. The van der Waals surface area contributed by atoms with Crippen molar-refractivity contribution in [2.45, 2.75) is 55.4 Å². The highest BCUT2D eigenvalue weighted by Gasteiger charge is 2.24. The van der Waals surface area contributed by atoms with Gasteiger partial charge < -0.3 is 23.7 Å². The molecule has 2 heterocycles. The molecule has 0 spiro atoms. The van der Waals surface area contributed by atoms with Crippen molar-refractivity contribution >= 4 is 56.1 Å². The fourth-order valence-corrected chi connectivity index (χ4v) is 9.38. The Hall–Kier alpha value is -6.71. The van der Waals surface area contributed by atoms with Gasteiger partial charge in [0.15, 0.2) is 0 Å². The molecule has 0 saturated heterocycles.